The molecular formula is C45H58N4O5. The van der Waals surface area contributed by atoms with E-state index in [-0.39, 0.29) is 42.6 Å². The molecule has 0 saturated carbocycles. The standard InChI is InChI=1S/C45H58N4O5/c1-11-29-25(6)32-20-34-27(8)31(16-17-38(50)54-19-18-24(5)15-13-14-23(3)4)42(48-34)40-41(45(52)53-10)44(51)39-28(9)35(49-43(39)40)22-37-30(12-2)26(7)33(47-37)21-36(29)46-32/h11,18,20-23,27,31,41-42,46-49,51H,1,12-17,19H2,2-10H3/b24-18+,33-21-,34-20-,37-22?/t27-,31-,41+,42?/m0/s1. The van der Waals surface area contributed by atoms with E-state index >= 15 is 0 Å². The molecule has 0 amide bonds. The number of aromatic nitrogens is 3. The summed E-state index contributed by atoms with van der Waals surface area (Å²) in [6.45, 7) is 21.5. The smallest absolute Gasteiger partial charge is 0.320 e. The summed E-state index contributed by atoms with van der Waals surface area (Å²) in [5.74, 6) is -1.25. The van der Waals surface area contributed by atoms with Crippen LogP contribution in [0, 0.1) is 44.4 Å². The Kier molecular flexibility index (Phi) is 11.4. The summed E-state index contributed by atoms with van der Waals surface area (Å²) >= 11 is 0. The van der Waals surface area contributed by atoms with Gasteiger partial charge in [0.05, 0.1) is 18.5 Å². The van der Waals surface area contributed by atoms with Crippen molar-refractivity contribution in [3.05, 3.63) is 90.1 Å². The number of rotatable bonds is 12. The molecule has 4 atom stereocenters. The van der Waals surface area contributed by atoms with E-state index in [9.17, 15) is 14.7 Å². The number of hydrogen-bond acceptors (Lipinski definition) is 6. The Balaban J connectivity index is 1.47. The van der Waals surface area contributed by atoms with E-state index in [0.29, 0.717) is 17.6 Å². The molecule has 54 heavy (non-hydrogen) atoms. The molecule has 1 unspecified atom stereocenters. The van der Waals surface area contributed by atoms with Crippen LogP contribution in [0.1, 0.15) is 112 Å². The van der Waals surface area contributed by atoms with Crippen LogP contribution in [0.4, 0.5) is 0 Å². The SMILES string of the molecule is C=Cc1c2[nH]c(c1C)/C=C1\NC(C3=c4[nH]c(c(C)c4=C(O)[C@@H]3C(=O)OC)C=c3[nH]/c(c(C)c3CC)=C\2)[C@@H](CCC(=O)OC/C=C(\C)CCCC(C)C)[C@@H]1C. The number of esters is 2. The number of aliphatic hydroxyl groups is 1. The molecule has 5 N–H and O–H groups in total. The fraction of sp³-hybridized carbons (Fsp3) is 0.467. The summed E-state index contributed by atoms with van der Waals surface area (Å²) in [7, 11) is 1.35. The monoisotopic (exact) mass is 734 g/mol. The molecule has 6 rings (SSSR count). The number of carbonyl (C=O) groups is 2. The lowest BCUT2D eigenvalue weighted by molar-refractivity contribution is -0.143. The van der Waals surface area contributed by atoms with Gasteiger partial charge in [-0.2, -0.15) is 0 Å². The minimum Gasteiger partial charge on any atom is -0.510 e. The van der Waals surface area contributed by atoms with Gasteiger partial charge in [0, 0.05) is 56.6 Å². The number of aromatic amines is 3. The van der Waals surface area contributed by atoms with Gasteiger partial charge < -0.3 is 34.8 Å². The van der Waals surface area contributed by atoms with E-state index in [1.54, 1.807) is 0 Å². The van der Waals surface area contributed by atoms with Gasteiger partial charge in [0.2, 0.25) is 0 Å². The first-order valence-electron chi connectivity index (χ1n) is 19.6. The molecule has 9 heteroatoms. The van der Waals surface area contributed by atoms with Crippen molar-refractivity contribution in [1.82, 2.24) is 20.3 Å². The Labute approximate surface area is 318 Å². The van der Waals surface area contributed by atoms with Crippen molar-refractivity contribution in [3.63, 3.8) is 0 Å². The lowest BCUT2D eigenvalue weighted by Crippen LogP contribution is -2.38. The summed E-state index contributed by atoms with van der Waals surface area (Å²) in [4.78, 5) is 37.8. The first kappa shape index (κ1) is 38.8. The third-order valence-electron chi connectivity index (χ3n) is 12.0. The van der Waals surface area contributed by atoms with E-state index < -0.39 is 11.9 Å². The van der Waals surface area contributed by atoms with Gasteiger partial charge in [0.25, 0.3) is 0 Å². The summed E-state index contributed by atoms with van der Waals surface area (Å²) in [6, 6.07) is -0.390. The average Bonchev–Trinajstić information content (AvgIpc) is 3.87. The molecule has 0 radical (unpaired) electrons. The van der Waals surface area contributed by atoms with Crippen molar-refractivity contribution in [2.45, 2.75) is 100.0 Å². The fourth-order valence-corrected chi connectivity index (χ4v) is 8.80. The zero-order chi connectivity index (χ0) is 39.0. The largest absolute Gasteiger partial charge is 0.510 e. The van der Waals surface area contributed by atoms with Crippen molar-refractivity contribution in [3.8, 4) is 0 Å². The third kappa shape index (κ3) is 7.17. The molecule has 2 aliphatic heterocycles. The molecule has 5 heterocycles. The molecular weight excluding hydrogens is 677 g/mol. The van der Waals surface area contributed by atoms with E-state index in [0.717, 1.165) is 80.4 Å². The van der Waals surface area contributed by atoms with Crippen LogP contribution in [0.3, 0.4) is 0 Å². The van der Waals surface area contributed by atoms with Crippen LogP contribution >= 0.6 is 0 Å². The Morgan fingerprint density at radius 2 is 1.70 bits per heavy atom. The van der Waals surface area contributed by atoms with Crippen LogP contribution in [0.25, 0.3) is 35.6 Å². The number of carbonyl (C=O) groups excluding carboxylic acids is 2. The first-order chi connectivity index (χ1) is 25.8. The van der Waals surface area contributed by atoms with Crippen LogP contribution in [-0.2, 0) is 25.5 Å². The highest BCUT2D eigenvalue weighted by Gasteiger charge is 2.47. The number of nitrogens with one attached hydrogen (secondary N) is 4. The Morgan fingerprint density at radius 3 is 2.39 bits per heavy atom. The number of methoxy groups -OCH3 is 1. The molecule has 3 aliphatic rings. The van der Waals surface area contributed by atoms with Crippen molar-refractivity contribution in [2.24, 2.45) is 23.7 Å². The van der Waals surface area contributed by atoms with Crippen molar-refractivity contribution < 1.29 is 24.2 Å². The molecule has 0 spiro atoms. The van der Waals surface area contributed by atoms with E-state index in [4.69, 9.17) is 9.47 Å². The summed E-state index contributed by atoms with van der Waals surface area (Å²) < 4.78 is 11.0. The summed E-state index contributed by atoms with van der Waals surface area (Å²) in [6.07, 6.45) is 15.2. The molecule has 1 fully saturated rings. The number of allylic oxidation sites excluding steroid dienone is 2. The third-order valence-corrected chi connectivity index (χ3v) is 12.0. The Hall–Kier alpha value is -4.92. The maximum Gasteiger partial charge on any atom is 0.320 e. The summed E-state index contributed by atoms with van der Waals surface area (Å²) in [5, 5.41) is 19.0. The van der Waals surface area contributed by atoms with Crippen LogP contribution in [0.15, 0.2) is 23.9 Å². The maximum atomic E-state index is 13.6. The van der Waals surface area contributed by atoms with E-state index in [1.807, 2.05) is 19.1 Å². The molecule has 1 saturated heterocycles. The number of H-pyrrole nitrogens is 3. The van der Waals surface area contributed by atoms with Gasteiger partial charge in [0.1, 0.15) is 18.3 Å². The molecule has 0 aromatic carbocycles. The number of fused-ring (bicyclic) bond motifs is 8. The van der Waals surface area contributed by atoms with Crippen LogP contribution in [0.2, 0.25) is 0 Å². The second kappa shape index (κ2) is 15.8. The van der Waals surface area contributed by atoms with E-state index in [2.05, 4.69) is 93.5 Å². The zero-order valence-electron chi connectivity index (χ0n) is 33.5. The van der Waals surface area contributed by atoms with Crippen molar-refractivity contribution in [2.75, 3.05) is 13.7 Å². The van der Waals surface area contributed by atoms with Gasteiger partial charge in [-0.3, -0.25) is 9.59 Å². The predicted molar refractivity (Wildman–Crippen MR) is 217 cm³/mol. The number of hydrogen-bond donors (Lipinski definition) is 5. The van der Waals surface area contributed by atoms with Crippen molar-refractivity contribution in [1.29, 1.82) is 0 Å². The zero-order valence-corrected chi connectivity index (χ0v) is 33.5. The number of aliphatic hydroxyl groups excluding tert-OH is 1. The normalized spacial score (nSPS) is 22.0. The Bertz CT molecular complexity index is 2290. The topological polar surface area (TPSA) is 132 Å². The lowest BCUT2D eigenvalue weighted by Gasteiger charge is -2.26. The first-order valence-corrected chi connectivity index (χ1v) is 19.6. The molecule has 288 valence electrons. The minimum atomic E-state index is -0.989. The average molecular weight is 735 g/mol. The molecule has 8 bridgehead atoms. The molecule has 1 aliphatic carbocycles. The van der Waals surface area contributed by atoms with Crippen LogP contribution in [-0.4, -0.2) is 51.8 Å². The lowest BCUT2D eigenvalue weighted by atomic mass is 9.80. The summed E-state index contributed by atoms with van der Waals surface area (Å²) in [5.41, 5.74) is 11.0. The molecule has 9 nitrogen and oxygen atoms in total. The Morgan fingerprint density at radius 1 is 0.981 bits per heavy atom. The van der Waals surface area contributed by atoms with Gasteiger partial charge >= 0.3 is 11.9 Å². The highest BCUT2D eigenvalue weighted by atomic mass is 16.5. The molecule has 3 aromatic rings. The van der Waals surface area contributed by atoms with Crippen molar-refractivity contribution >= 4 is 47.6 Å². The number of ether oxygens (including phenoxy) is 2. The van der Waals surface area contributed by atoms with Gasteiger partial charge in [-0.1, -0.05) is 52.3 Å². The minimum absolute atomic E-state index is 0.0187. The van der Waals surface area contributed by atoms with Gasteiger partial charge in [-0.15, -0.1) is 0 Å². The van der Waals surface area contributed by atoms with Crippen LogP contribution < -0.4 is 26.6 Å². The highest BCUT2D eigenvalue weighted by Crippen LogP contribution is 2.42. The maximum absolute atomic E-state index is 13.6. The van der Waals surface area contributed by atoms with Gasteiger partial charge in [-0.05, 0) is 117 Å². The van der Waals surface area contributed by atoms with E-state index in [1.165, 1.54) is 30.2 Å². The van der Waals surface area contributed by atoms with Gasteiger partial charge in [0.15, 0.2) is 0 Å². The quantitative estimate of drug-likeness (QED) is 0.119. The van der Waals surface area contributed by atoms with Crippen LogP contribution in [0.5, 0.6) is 0 Å². The highest BCUT2D eigenvalue weighted by molar-refractivity contribution is 5.95. The predicted octanol–water partition coefficient (Wildman–Crippen LogP) is 5.75. The van der Waals surface area contributed by atoms with Gasteiger partial charge in [-0.25, -0.2) is 0 Å². The second-order valence-electron chi connectivity index (χ2n) is 15.8. The second-order valence-corrected chi connectivity index (χ2v) is 15.8. The molecule has 3 aromatic heterocycles. The fourth-order valence-electron chi connectivity index (χ4n) is 8.80.